The zero-order chi connectivity index (χ0) is 12.3. The minimum absolute atomic E-state index is 0.0309. The van der Waals surface area contributed by atoms with Crippen molar-refractivity contribution in [1.82, 2.24) is 4.90 Å². The number of hydrogen-bond acceptors (Lipinski definition) is 3. The van der Waals surface area contributed by atoms with Crippen LogP contribution in [0.1, 0.15) is 31.4 Å². The molecule has 94 valence electrons. The maximum atomic E-state index is 6.27. The molecule has 1 aliphatic carbocycles. The van der Waals surface area contributed by atoms with E-state index in [0.717, 1.165) is 23.9 Å². The first-order valence-electron chi connectivity index (χ1n) is 6.40. The zero-order valence-electron chi connectivity index (χ0n) is 10.7. The molecule has 2 N–H and O–H groups in total. The first-order valence-corrected chi connectivity index (χ1v) is 6.40. The molecule has 1 aromatic carbocycles. The predicted molar refractivity (Wildman–Crippen MR) is 70.2 cm³/mol. The Bertz CT molecular complexity index is 363. The maximum Gasteiger partial charge on any atom is 0.124 e. The molecule has 0 aliphatic heterocycles. The van der Waals surface area contributed by atoms with Gasteiger partial charge in [-0.3, -0.25) is 0 Å². The van der Waals surface area contributed by atoms with Gasteiger partial charge in [0.2, 0.25) is 0 Å². The second-order valence-corrected chi connectivity index (χ2v) is 4.75. The van der Waals surface area contributed by atoms with Gasteiger partial charge in [-0.1, -0.05) is 18.2 Å². The fraction of sp³-hybridized carbons (Fsp3) is 0.571. The van der Waals surface area contributed by atoms with Crippen molar-refractivity contribution in [2.24, 2.45) is 5.73 Å². The van der Waals surface area contributed by atoms with Crippen molar-refractivity contribution >= 4 is 0 Å². The lowest BCUT2D eigenvalue weighted by molar-refractivity contribution is 0.293. The molecular weight excluding hydrogens is 212 g/mol. The third kappa shape index (κ3) is 3.20. The molecule has 2 rings (SSSR count). The van der Waals surface area contributed by atoms with E-state index >= 15 is 0 Å². The Balaban J connectivity index is 2.03. The first kappa shape index (κ1) is 12.4. The summed E-state index contributed by atoms with van der Waals surface area (Å²) in [5.41, 5.74) is 7.38. The lowest BCUT2D eigenvalue weighted by Crippen LogP contribution is -2.30. The van der Waals surface area contributed by atoms with Crippen LogP contribution in [0.2, 0.25) is 0 Å². The van der Waals surface area contributed by atoms with Crippen molar-refractivity contribution in [2.45, 2.75) is 31.8 Å². The Morgan fingerprint density at radius 2 is 2.12 bits per heavy atom. The molecule has 3 heteroatoms. The van der Waals surface area contributed by atoms with Gasteiger partial charge in [-0.05, 0) is 32.9 Å². The Labute approximate surface area is 104 Å². The molecule has 3 nitrogen and oxygen atoms in total. The van der Waals surface area contributed by atoms with Crippen LogP contribution in [0.25, 0.3) is 0 Å². The van der Waals surface area contributed by atoms with Crippen LogP contribution in [0.15, 0.2) is 24.3 Å². The topological polar surface area (TPSA) is 38.5 Å². The molecule has 0 aromatic heterocycles. The molecule has 1 unspecified atom stereocenters. The highest BCUT2D eigenvalue weighted by Gasteiger charge is 2.27. The quantitative estimate of drug-likeness (QED) is 0.820. The van der Waals surface area contributed by atoms with Gasteiger partial charge in [-0.15, -0.1) is 0 Å². The summed E-state index contributed by atoms with van der Waals surface area (Å²) < 4.78 is 5.62. The summed E-state index contributed by atoms with van der Waals surface area (Å²) in [6.07, 6.45) is 2.63. The summed E-state index contributed by atoms with van der Waals surface area (Å²) in [5.74, 6) is 0.923. The summed E-state index contributed by atoms with van der Waals surface area (Å²) in [4.78, 5) is 2.35. The molecule has 17 heavy (non-hydrogen) atoms. The smallest absolute Gasteiger partial charge is 0.124 e. The van der Waals surface area contributed by atoms with E-state index in [4.69, 9.17) is 10.5 Å². The molecule has 0 bridgehead atoms. The number of ether oxygens (including phenoxy) is 1. The average Bonchev–Trinajstić information content (AvgIpc) is 3.13. The van der Waals surface area contributed by atoms with Crippen LogP contribution in [0.4, 0.5) is 0 Å². The maximum absolute atomic E-state index is 6.27. The monoisotopic (exact) mass is 234 g/mol. The highest BCUT2D eigenvalue weighted by Crippen LogP contribution is 2.29. The van der Waals surface area contributed by atoms with E-state index in [9.17, 15) is 0 Å². The lowest BCUT2D eigenvalue weighted by Gasteiger charge is -2.22. The molecule has 1 aromatic rings. The average molecular weight is 234 g/mol. The molecule has 0 heterocycles. The van der Waals surface area contributed by atoms with Gasteiger partial charge >= 0.3 is 0 Å². The van der Waals surface area contributed by atoms with Gasteiger partial charge in [0.15, 0.2) is 0 Å². The van der Waals surface area contributed by atoms with Crippen LogP contribution >= 0.6 is 0 Å². The first-order chi connectivity index (χ1) is 8.22. The van der Waals surface area contributed by atoms with Crippen LogP contribution < -0.4 is 10.5 Å². The number of likely N-dealkylation sites (N-methyl/N-ethyl adjacent to an activating group) is 1. The normalized spacial score (nSPS) is 17.2. The van der Waals surface area contributed by atoms with E-state index in [1.165, 1.54) is 12.8 Å². The number of benzene rings is 1. The van der Waals surface area contributed by atoms with Gasteiger partial charge in [0.05, 0.1) is 6.61 Å². The van der Waals surface area contributed by atoms with Crippen LogP contribution in [-0.2, 0) is 0 Å². The molecule has 0 amide bonds. The molecule has 1 saturated carbocycles. The Morgan fingerprint density at radius 1 is 1.41 bits per heavy atom. The summed E-state index contributed by atoms with van der Waals surface area (Å²) >= 11 is 0. The molecule has 1 atom stereocenters. The third-order valence-electron chi connectivity index (χ3n) is 3.27. The molecule has 1 aliphatic rings. The Kier molecular flexibility index (Phi) is 4.02. The van der Waals surface area contributed by atoms with Crippen molar-refractivity contribution in [3.63, 3.8) is 0 Å². The van der Waals surface area contributed by atoms with Crippen molar-refractivity contribution in [3.05, 3.63) is 29.8 Å². The fourth-order valence-electron chi connectivity index (χ4n) is 2.15. The largest absolute Gasteiger partial charge is 0.494 e. The van der Waals surface area contributed by atoms with E-state index in [2.05, 4.69) is 18.0 Å². The Hall–Kier alpha value is -1.06. The number of nitrogens with two attached hydrogens (primary N) is 1. The van der Waals surface area contributed by atoms with Crippen LogP contribution in [0, 0.1) is 0 Å². The second-order valence-electron chi connectivity index (χ2n) is 4.75. The SMILES string of the molecule is CCOc1ccccc1C(N)CN(C)C1CC1. The zero-order valence-corrected chi connectivity index (χ0v) is 10.7. The number of hydrogen-bond donors (Lipinski definition) is 1. The van der Waals surface area contributed by atoms with Crippen molar-refractivity contribution in [1.29, 1.82) is 0 Å². The number of rotatable bonds is 6. The summed E-state index contributed by atoms with van der Waals surface area (Å²) in [7, 11) is 2.15. The van der Waals surface area contributed by atoms with E-state index in [0.29, 0.717) is 6.61 Å². The van der Waals surface area contributed by atoms with Crippen LogP contribution in [0.3, 0.4) is 0 Å². The van der Waals surface area contributed by atoms with Gasteiger partial charge in [0.25, 0.3) is 0 Å². The van der Waals surface area contributed by atoms with Crippen LogP contribution in [0.5, 0.6) is 5.75 Å². The van der Waals surface area contributed by atoms with Crippen molar-refractivity contribution < 1.29 is 4.74 Å². The van der Waals surface area contributed by atoms with Gasteiger partial charge in [0.1, 0.15) is 5.75 Å². The highest BCUT2D eigenvalue weighted by molar-refractivity contribution is 5.36. The fourth-order valence-corrected chi connectivity index (χ4v) is 2.15. The minimum Gasteiger partial charge on any atom is -0.494 e. The molecule has 0 radical (unpaired) electrons. The van der Waals surface area contributed by atoms with E-state index < -0.39 is 0 Å². The summed E-state index contributed by atoms with van der Waals surface area (Å²) in [5, 5.41) is 0. The third-order valence-corrected chi connectivity index (χ3v) is 3.27. The van der Waals surface area contributed by atoms with Gasteiger partial charge in [-0.2, -0.15) is 0 Å². The molecule has 0 spiro atoms. The Morgan fingerprint density at radius 3 is 2.76 bits per heavy atom. The van der Waals surface area contributed by atoms with Gasteiger partial charge < -0.3 is 15.4 Å². The summed E-state index contributed by atoms with van der Waals surface area (Å²) in [6.45, 7) is 3.58. The molecule has 1 fully saturated rings. The number of nitrogens with zero attached hydrogens (tertiary/aromatic N) is 1. The minimum atomic E-state index is 0.0309. The summed E-state index contributed by atoms with van der Waals surface area (Å²) in [6, 6.07) is 8.86. The van der Waals surface area contributed by atoms with E-state index in [1.54, 1.807) is 0 Å². The van der Waals surface area contributed by atoms with Gasteiger partial charge in [-0.25, -0.2) is 0 Å². The van der Waals surface area contributed by atoms with Crippen molar-refractivity contribution in [3.8, 4) is 5.75 Å². The van der Waals surface area contributed by atoms with E-state index in [-0.39, 0.29) is 6.04 Å². The highest BCUT2D eigenvalue weighted by atomic mass is 16.5. The molecule has 0 saturated heterocycles. The van der Waals surface area contributed by atoms with Crippen molar-refractivity contribution in [2.75, 3.05) is 20.2 Å². The van der Waals surface area contributed by atoms with E-state index in [1.807, 2.05) is 25.1 Å². The van der Waals surface area contributed by atoms with Crippen LogP contribution in [-0.4, -0.2) is 31.1 Å². The molecular formula is C14H22N2O. The predicted octanol–water partition coefficient (Wildman–Crippen LogP) is 2.18. The lowest BCUT2D eigenvalue weighted by atomic mass is 10.1. The second kappa shape index (κ2) is 5.52. The number of para-hydroxylation sites is 1. The standard InChI is InChI=1S/C14H22N2O/c1-3-17-14-7-5-4-6-12(14)13(15)10-16(2)11-8-9-11/h4-7,11,13H,3,8-10,15H2,1-2H3. The van der Waals surface area contributed by atoms with Gasteiger partial charge in [0, 0.05) is 24.2 Å².